The molecule has 3 aliphatic rings. The van der Waals surface area contributed by atoms with E-state index >= 15 is 0 Å². The second kappa shape index (κ2) is 19.2. The van der Waals surface area contributed by atoms with Gasteiger partial charge in [-0.1, -0.05) is 165 Å². The number of allylic oxidation sites excluding steroid dienone is 1. The Morgan fingerprint density at radius 3 is 1.56 bits per heavy atom. The Bertz CT molecular complexity index is 1660. The van der Waals surface area contributed by atoms with Crippen LogP contribution in [0.2, 0.25) is 5.82 Å². The molecule has 5 atom stereocenters. The molecule has 1 heterocycles. The number of nitrogens with zero attached hydrogens (tertiary/aromatic N) is 1. The minimum absolute atomic E-state index is 0.0693. The van der Waals surface area contributed by atoms with Gasteiger partial charge in [-0.2, -0.15) is 5.26 Å². The fourth-order valence-corrected chi connectivity index (χ4v) is 9.79. The molecule has 1 aliphatic heterocycles. The van der Waals surface area contributed by atoms with Gasteiger partial charge in [0, 0.05) is 18.2 Å². The Kier molecular flexibility index (Phi) is 13.7. The van der Waals surface area contributed by atoms with Gasteiger partial charge in [-0.25, -0.2) is 0 Å². The largest absolute Gasteiger partial charge is 0.465 e. The van der Waals surface area contributed by atoms with Gasteiger partial charge in [0.15, 0.2) is 0 Å². The summed E-state index contributed by atoms with van der Waals surface area (Å²) in [5.74, 6) is 0.446. The smallest absolute Gasteiger partial charge is 0.405 e. The van der Waals surface area contributed by atoms with Gasteiger partial charge in [-0.15, -0.1) is 6.58 Å². The average Bonchev–Trinajstić information content (AvgIpc) is 3.69. The van der Waals surface area contributed by atoms with Gasteiger partial charge in [-0.3, -0.25) is 0 Å². The summed E-state index contributed by atoms with van der Waals surface area (Å²) in [6, 6.07) is 44.2. The van der Waals surface area contributed by atoms with Crippen molar-refractivity contribution in [2.24, 2.45) is 17.8 Å². The third-order valence-electron chi connectivity index (χ3n) is 12.6. The quantitative estimate of drug-likeness (QED) is 0.0651. The van der Waals surface area contributed by atoms with E-state index in [-0.39, 0.29) is 37.0 Å². The summed E-state index contributed by atoms with van der Waals surface area (Å²) in [6.07, 6.45) is 12.3. The van der Waals surface area contributed by atoms with Gasteiger partial charge < -0.3 is 18.8 Å². The summed E-state index contributed by atoms with van der Waals surface area (Å²) >= 11 is 0. The highest BCUT2D eigenvalue weighted by Gasteiger charge is 2.53. The zero-order chi connectivity index (χ0) is 37.9. The highest BCUT2D eigenvalue weighted by atomic mass is 16.7. The predicted octanol–water partition coefficient (Wildman–Crippen LogP) is 11.5. The normalized spacial score (nSPS) is 21.4. The molecule has 0 amide bonds. The maximum Gasteiger partial charge on any atom is 0.465 e. The summed E-state index contributed by atoms with van der Waals surface area (Å²) in [5, 5.41) is 10.6. The van der Waals surface area contributed by atoms with E-state index in [9.17, 15) is 5.26 Å². The zero-order valence-electron chi connectivity index (χ0n) is 32.6. The summed E-state index contributed by atoms with van der Waals surface area (Å²) < 4.78 is 28.8. The lowest BCUT2D eigenvalue weighted by atomic mass is 9.59. The minimum atomic E-state index is -0.938. The number of hydrogen-bond donors (Lipinski definition) is 0. The van der Waals surface area contributed by atoms with Gasteiger partial charge in [0.25, 0.3) is 0 Å². The Hall–Kier alpha value is -3.99. The van der Waals surface area contributed by atoms with Crippen LogP contribution in [-0.2, 0) is 31.0 Å². The predicted molar refractivity (Wildman–Crippen MR) is 221 cm³/mol. The monoisotopic (exact) mass is 735 g/mol. The zero-order valence-corrected chi connectivity index (χ0v) is 32.6. The number of hydrogen-bond acceptors (Lipinski definition) is 5. The SMILES string of the molecule is C=C(C)C(B1O[C@H](C2CCCCC2)[C@@H](C2CCCCC2)O1)[C@@H](CC#N)[C@H](COC(c1ccccc1)(c1ccccc1)c1ccccc1)OCc1ccccc1. The van der Waals surface area contributed by atoms with Crippen LogP contribution in [0, 0.1) is 29.1 Å². The van der Waals surface area contributed by atoms with Crippen molar-refractivity contribution in [1.82, 2.24) is 0 Å². The van der Waals surface area contributed by atoms with Crippen LogP contribution in [-0.4, -0.2) is 32.0 Å². The fourth-order valence-electron chi connectivity index (χ4n) is 9.79. The molecule has 2 aliphatic carbocycles. The van der Waals surface area contributed by atoms with Crippen molar-refractivity contribution in [3.8, 4) is 6.07 Å². The highest BCUT2D eigenvalue weighted by molar-refractivity contribution is 6.48. The first-order valence-electron chi connectivity index (χ1n) is 20.9. The molecule has 6 heteroatoms. The molecule has 55 heavy (non-hydrogen) atoms. The third-order valence-corrected chi connectivity index (χ3v) is 12.6. The topological polar surface area (TPSA) is 60.7 Å². The Morgan fingerprint density at radius 1 is 0.709 bits per heavy atom. The molecule has 1 saturated heterocycles. The van der Waals surface area contributed by atoms with Gasteiger partial charge >= 0.3 is 7.12 Å². The molecule has 0 radical (unpaired) electrons. The van der Waals surface area contributed by atoms with E-state index in [1.54, 1.807) is 0 Å². The Labute approximate surface area is 330 Å². The van der Waals surface area contributed by atoms with Crippen molar-refractivity contribution in [1.29, 1.82) is 5.26 Å². The van der Waals surface area contributed by atoms with E-state index in [0.717, 1.165) is 27.8 Å². The molecule has 4 aromatic rings. The maximum absolute atomic E-state index is 10.6. The van der Waals surface area contributed by atoms with E-state index in [0.29, 0.717) is 18.4 Å². The summed E-state index contributed by atoms with van der Waals surface area (Å²) in [5.41, 5.74) is 4.15. The van der Waals surface area contributed by atoms with Crippen molar-refractivity contribution < 1.29 is 18.8 Å². The molecule has 286 valence electrons. The molecule has 1 unspecified atom stereocenters. The van der Waals surface area contributed by atoms with Crippen molar-refractivity contribution in [3.05, 3.63) is 156 Å². The molecule has 7 rings (SSSR count). The first-order valence-corrected chi connectivity index (χ1v) is 20.9. The van der Waals surface area contributed by atoms with E-state index in [1.165, 1.54) is 64.2 Å². The summed E-state index contributed by atoms with van der Waals surface area (Å²) in [6.45, 7) is 7.25. The second-order valence-corrected chi connectivity index (χ2v) is 16.2. The van der Waals surface area contributed by atoms with Crippen molar-refractivity contribution in [2.75, 3.05) is 6.61 Å². The van der Waals surface area contributed by atoms with E-state index in [1.807, 2.05) is 36.4 Å². The number of benzene rings is 4. The van der Waals surface area contributed by atoms with Gasteiger partial charge in [0.2, 0.25) is 0 Å². The summed E-state index contributed by atoms with van der Waals surface area (Å²) in [4.78, 5) is 0. The van der Waals surface area contributed by atoms with Crippen LogP contribution in [0.5, 0.6) is 0 Å². The fraction of sp³-hybridized carbons (Fsp3) is 0.449. The molecule has 0 N–H and O–H groups in total. The molecule has 0 aromatic heterocycles. The lowest BCUT2D eigenvalue weighted by molar-refractivity contribution is -0.0910. The Balaban J connectivity index is 1.26. The van der Waals surface area contributed by atoms with E-state index in [4.69, 9.17) is 18.8 Å². The second-order valence-electron chi connectivity index (χ2n) is 16.2. The van der Waals surface area contributed by atoms with Crippen LogP contribution in [0.4, 0.5) is 0 Å². The average molecular weight is 736 g/mol. The molecule has 3 fully saturated rings. The molecule has 4 aromatic carbocycles. The highest BCUT2D eigenvalue weighted by Crippen LogP contribution is 2.47. The molecule has 0 spiro atoms. The van der Waals surface area contributed by atoms with Crippen molar-refractivity contribution in [2.45, 2.75) is 114 Å². The molecular formula is C49H58BNO4. The van der Waals surface area contributed by atoms with Crippen molar-refractivity contribution >= 4 is 7.12 Å². The first-order chi connectivity index (χ1) is 27.1. The maximum atomic E-state index is 10.6. The van der Waals surface area contributed by atoms with E-state index in [2.05, 4.69) is 105 Å². The minimum Gasteiger partial charge on any atom is -0.405 e. The van der Waals surface area contributed by atoms with Crippen LogP contribution in [0.3, 0.4) is 0 Å². The van der Waals surface area contributed by atoms with E-state index < -0.39 is 18.8 Å². The lowest BCUT2D eigenvalue weighted by Crippen LogP contribution is -2.42. The van der Waals surface area contributed by atoms with Crippen LogP contribution in [0.25, 0.3) is 0 Å². The molecule has 5 nitrogen and oxygen atoms in total. The lowest BCUT2D eigenvalue weighted by Gasteiger charge is -2.39. The van der Waals surface area contributed by atoms with Gasteiger partial charge in [0.1, 0.15) is 5.60 Å². The first kappa shape index (κ1) is 39.3. The molecule has 2 saturated carbocycles. The van der Waals surface area contributed by atoms with Gasteiger partial charge in [-0.05, 0) is 66.7 Å². The number of rotatable bonds is 16. The van der Waals surface area contributed by atoms with Crippen LogP contribution < -0.4 is 0 Å². The molecular weight excluding hydrogens is 677 g/mol. The standard InChI is InChI=1S/C49H58BNO4/c1-37(2)46(50-54-47(39-23-11-4-12-24-39)48(55-50)40-25-13-5-14-26-40)44(33-34-51)45(52-35-38-21-9-3-10-22-38)36-53-49(41-27-15-6-16-28-41,42-29-17-7-18-30-42)43-31-19-8-20-32-43/h3,6-10,15-22,27-32,39-40,44-48H,1,4-5,11-14,23-26,33,35-36H2,2H3/t44-,45-,46?,47+,48+/m0/s1. The number of ether oxygens (including phenoxy) is 2. The third kappa shape index (κ3) is 9.19. The van der Waals surface area contributed by atoms with Crippen molar-refractivity contribution in [3.63, 3.8) is 0 Å². The van der Waals surface area contributed by atoms with Crippen LogP contribution in [0.15, 0.2) is 133 Å². The van der Waals surface area contributed by atoms with Crippen LogP contribution >= 0.6 is 0 Å². The summed E-state index contributed by atoms with van der Waals surface area (Å²) in [7, 11) is -0.500. The van der Waals surface area contributed by atoms with Crippen LogP contribution in [0.1, 0.15) is 99.8 Å². The number of nitriles is 1. The molecule has 0 bridgehead atoms. The van der Waals surface area contributed by atoms with Gasteiger partial charge in [0.05, 0.1) is 37.6 Å². The Morgan fingerprint density at radius 2 is 1.15 bits per heavy atom.